The van der Waals surface area contributed by atoms with E-state index in [9.17, 15) is 18.0 Å². The normalized spacial score (nSPS) is 11.2. The summed E-state index contributed by atoms with van der Waals surface area (Å²) in [4.78, 5) is 28.0. The molecule has 0 spiro atoms. The first-order valence-corrected chi connectivity index (χ1v) is 10.3. The van der Waals surface area contributed by atoms with Crippen molar-refractivity contribution in [1.82, 2.24) is 4.98 Å². The number of rotatable bonds is 6. The van der Waals surface area contributed by atoms with Gasteiger partial charge in [-0.25, -0.2) is 13.4 Å². The number of aromatic nitrogens is 1. The van der Waals surface area contributed by atoms with Gasteiger partial charge in [-0.3, -0.25) is 14.9 Å². The molecule has 1 amide bonds. The molecule has 0 aliphatic rings. The summed E-state index contributed by atoms with van der Waals surface area (Å²) in [7, 11) is -3.06. The topological polar surface area (TPSA) is 102 Å². The van der Waals surface area contributed by atoms with Crippen molar-refractivity contribution < 1.29 is 22.7 Å². The van der Waals surface area contributed by atoms with Gasteiger partial charge in [0.05, 0.1) is 10.8 Å². The summed E-state index contributed by atoms with van der Waals surface area (Å²) in [6.45, 7) is 1.25. The van der Waals surface area contributed by atoms with Crippen LogP contribution in [0.4, 0.5) is 5.13 Å². The fourth-order valence-corrected chi connectivity index (χ4v) is 3.56. The lowest BCUT2D eigenvalue weighted by Gasteiger charge is -2.06. The zero-order valence-corrected chi connectivity index (χ0v) is 15.8. The third-order valence-corrected chi connectivity index (χ3v) is 5.15. The molecular formula is C15H15ClN2O5S2. The average molecular weight is 403 g/mol. The number of nitrogens with zero attached hydrogens (tertiary/aromatic N) is 1. The van der Waals surface area contributed by atoms with Gasteiger partial charge in [-0.1, -0.05) is 11.6 Å². The van der Waals surface area contributed by atoms with Crippen LogP contribution in [0.1, 0.15) is 22.2 Å². The molecule has 2 aromatic rings. The van der Waals surface area contributed by atoms with Crippen LogP contribution >= 0.6 is 22.9 Å². The number of aryl methyl sites for hydroxylation is 1. The van der Waals surface area contributed by atoms with E-state index >= 15 is 0 Å². The molecule has 0 saturated heterocycles. The van der Waals surface area contributed by atoms with Crippen LogP contribution in [0.15, 0.2) is 24.4 Å². The molecule has 7 nitrogen and oxygen atoms in total. The zero-order valence-electron chi connectivity index (χ0n) is 13.4. The molecule has 0 aliphatic carbocycles. The van der Waals surface area contributed by atoms with E-state index in [0.717, 1.165) is 4.88 Å². The molecule has 0 fully saturated rings. The van der Waals surface area contributed by atoms with E-state index in [1.54, 1.807) is 0 Å². The summed E-state index contributed by atoms with van der Waals surface area (Å²) in [5, 5.41) is 3.11. The number of anilines is 1. The Morgan fingerprint density at radius 3 is 2.68 bits per heavy atom. The molecule has 10 heteroatoms. The molecule has 1 heterocycles. The number of sulfone groups is 1. The van der Waals surface area contributed by atoms with Gasteiger partial charge >= 0.3 is 5.97 Å². The van der Waals surface area contributed by atoms with Crippen LogP contribution in [0, 0.1) is 0 Å². The fourth-order valence-electron chi connectivity index (χ4n) is 1.82. The highest BCUT2D eigenvalue weighted by Crippen LogP contribution is 2.26. The molecule has 25 heavy (non-hydrogen) atoms. The van der Waals surface area contributed by atoms with E-state index in [0.29, 0.717) is 11.6 Å². The Morgan fingerprint density at radius 2 is 2.08 bits per heavy atom. The van der Waals surface area contributed by atoms with Crippen molar-refractivity contribution >= 4 is 49.8 Å². The predicted molar refractivity (Wildman–Crippen MR) is 96.2 cm³/mol. The van der Waals surface area contributed by atoms with E-state index in [2.05, 4.69) is 10.3 Å². The number of esters is 1. The maximum absolute atomic E-state index is 12.2. The zero-order chi connectivity index (χ0) is 18.6. The second-order valence-corrected chi connectivity index (χ2v) is 8.99. The lowest BCUT2D eigenvalue weighted by molar-refractivity contribution is -0.131. The Labute approximate surface area is 153 Å². The van der Waals surface area contributed by atoms with E-state index in [1.165, 1.54) is 48.9 Å². The summed E-state index contributed by atoms with van der Waals surface area (Å²) in [5.41, 5.74) is 0.272. The lowest BCUT2D eigenvalue weighted by Crippen LogP contribution is -2.12. The summed E-state index contributed by atoms with van der Waals surface area (Å²) in [6, 6.07) is 4.28. The molecule has 1 aromatic carbocycles. The van der Waals surface area contributed by atoms with Crippen molar-refractivity contribution in [2.75, 3.05) is 17.3 Å². The quantitative estimate of drug-likeness (QED) is 0.588. The summed E-state index contributed by atoms with van der Waals surface area (Å²) < 4.78 is 27.2. The van der Waals surface area contributed by atoms with Gasteiger partial charge in [0.25, 0.3) is 5.91 Å². The van der Waals surface area contributed by atoms with E-state index in [4.69, 9.17) is 16.3 Å². The highest BCUT2D eigenvalue weighted by atomic mass is 35.5. The van der Waals surface area contributed by atoms with Crippen molar-refractivity contribution in [2.45, 2.75) is 13.3 Å². The third-order valence-electron chi connectivity index (χ3n) is 2.94. The van der Waals surface area contributed by atoms with Gasteiger partial charge in [0.2, 0.25) is 0 Å². The number of halogens is 1. The molecule has 0 aliphatic heterocycles. The van der Waals surface area contributed by atoms with E-state index < -0.39 is 21.7 Å². The van der Waals surface area contributed by atoms with Gasteiger partial charge in [0.1, 0.15) is 15.6 Å². The van der Waals surface area contributed by atoms with Crippen LogP contribution in [0.3, 0.4) is 0 Å². The highest BCUT2D eigenvalue weighted by molar-refractivity contribution is 7.90. The van der Waals surface area contributed by atoms with Crippen LogP contribution < -0.4 is 10.1 Å². The number of hydrogen-bond donors (Lipinski definition) is 1. The maximum atomic E-state index is 12.2. The van der Waals surface area contributed by atoms with Crippen molar-refractivity contribution in [3.05, 3.63) is 39.9 Å². The second kappa shape index (κ2) is 7.94. The first-order chi connectivity index (χ1) is 11.6. The van der Waals surface area contributed by atoms with Gasteiger partial charge in [-0.2, -0.15) is 0 Å². The average Bonchev–Trinajstić information content (AvgIpc) is 2.93. The first kappa shape index (κ1) is 19.4. The summed E-state index contributed by atoms with van der Waals surface area (Å²) in [5.74, 6) is -0.748. The Morgan fingerprint density at radius 1 is 1.36 bits per heavy atom. The summed E-state index contributed by atoms with van der Waals surface area (Å²) in [6.07, 6.45) is 3.04. The molecule has 0 atom stereocenters. The lowest BCUT2D eigenvalue weighted by atomic mass is 10.2. The van der Waals surface area contributed by atoms with Crippen molar-refractivity contribution in [2.24, 2.45) is 0 Å². The molecule has 1 N–H and O–H groups in total. The van der Waals surface area contributed by atoms with Crippen LogP contribution in [-0.4, -0.2) is 37.3 Å². The number of ether oxygens (including phenoxy) is 1. The minimum atomic E-state index is -3.06. The summed E-state index contributed by atoms with van der Waals surface area (Å²) >= 11 is 7.18. The number of carbonyl (C=O) groups excluding carboxylic acids is 2. The predicted octanol–water partition coefficient (Wildman–Crippen LogP) is 2.56. The van der Waals surface area contributed by atoms with Gasteiger partial charge in [-0.15, -0.1) is 11.3 Å². The van der Waals surface area contributed by atoms with Crippen LogP contribution in [0.5, 0.6) is 5.75 Å². The van der Waals surface area contributed by atoms with Crippen LogP contribution in [-0.2, 0) is 21.1 Å². The number of hydrogen-bond acceptors (Lipinski definition) is 7. The monoisotopic (exact) mass is 402 g/mol. The Balaban J connectivity index is 2.03. The van der Waals surface area contributed by atoms with Crippen LogP contribution in [0.2, 0.25) is 5.02 Å². The molecule has 2 rings (SSSR count). The maximum Gasteiger partial charge on any atom is 0.308 e. The Bertz CT molecular complexity index is 908. The van der Waals surface area contributed by atoms with Crippen molar-refractivity contribution in [3.63, 3.8) is 0 Å². The largest absolute Gasteiger partial charge is 0.425 e. The standard InChI is InChI=1S/C15H15ClN2O5S2/c1-9(19)23-13-4-3-10(7-12(13)16)14(20)18-15-17-8-11(24-15)5-6-25(2,21)22/h3-4,7-8H,5-6H2,1-2H3,(H,17,18,20). The Kier molecular flexibility index (Phi) is 6.15. The number of amides is 1. The van der Waals surface area contributed by atoms with Crippen molar-refractivity contribution in [3.8, 4) is 5.75 Å². The van der Waals surface area contributed by atoms with Gasteiger partial charge in [0.15, 0.2) is 5.13 Å². The highest BCUT2D eigenvalue weighted by Gasteiger charge is 2.13. The molecular weight excluding hydrogens is 388 g/mol. The third kappa shape index (κ3) is 6.11. The first-order valence-electron chi connectivity index (χ1n) is 7.06. The SMILES string of the molecule is CC(=O)Oc1ccc(C(=O)Nc2ncc(CCS(C)(=O)=O)s2)cc1Cl. The molecule has 1 aromatic heterocycles. The molecule has 0 radical (unpaired) electrons. The number of nitrogens with one attached hydrogen (secondary N) is 1. The minimum Gasteiger partial charge on any atom is -0.425 e. The number of carbonyl (C=O) groups is 2. The Hall–Kier alpha value is -1.97. The number of benzene rings is 1. The molecule has 0 saturated carbocycles. The van der Waals surface area contributed by atoms with Gasteiger partial charge < -0.3 is 4.74 Å². The number of thiazole rings is 1. The molecule has 134 valence electrons. The fraction of sp³-hybridized carbons (Fsp3) is 0.267. The van der Waals surface area contributed by atoms with Gasteiger partial charge in [0, 0.05) is 29.8 Å². The van der Waals surface area contributed by atoms with Gasteiger partial charge in [-0.05, 0) is 24.6 Å². The molecule has 0 bridgehead atoms. The van der Waals surface area contributed by atoms with Crippen molar-refractivity contribution in [1.29, 1.82) is 0 Å². The second-order valence-electron chi connectivity index (χ2n) is 5.20. The van der Waals surface area contributed by atoms with Crippen LogP contribution in [0.25, 0.3) is 0 Å². The smallest absolute Gasteiger partial charge is 0.308 e. The minimum absolute atomic E-state index is 0.0236. The van der Waals surface area contributed by atoms with E-state index in [1.807, 2.05) is 0 Å². The molecule has 0 unspecified atom stereocenters. The van der Waals surface area contributed by atoms with E-state index in [-0.39, 0.29) is 22.1 Å².